The third-order valence-corrected chi connectivity index (χ3v) is 1.75. The van der Waals surface area contributed by atoms with E-state index in [4.69, 9.17) is 10.5 Å². The van der Waals surface area contributed by atoms with Crippen LogP contribution in [0.4, 0.5) is 10.5 Å². The normalized spacial score (nSPS) is 10.2. The van der Waals surface area contributed by atoms with Crippen LogP contribution in [0.1, 0.15) is 31.1 Å². The van der Waals surface area contributed by atoms with Gasteiger partial charge in [-0.1, -0.05) is 12.1 Å². The van der Waals surface area contributed by atoms with Gasteiger partial charge < -0.3 is 15.2 Å². The molecule has 18 heavy (non-hydrogen) atoms. The summed E-state index contributed by atoms with van der Waals surface area (Å²) in [4.78, 5) is 22.8. The molecule has 0 aliphatic heterocycles. The molecule has 0 amide bonds. The van der Waals surface area contributed by atoms with E-state index in [1.165, 1.54) is 6.07 Å². The molecule has 0 spiro atoms. The summed E-state index contributed by atoms with van der Waals surface area (Å²) in [6, 6.07) is 6.33. The second-order valence-electron chi connectivity index (χ2n) is 4.44. The molecule has 0 saturated carbocycles. The Morgan fingerprint density at radius 1 is 1.17 bits per heavy atom. The molecule has 5 nitrogen and oxygen atoms in total. The molecule has 1 aromatic carbocycles. The van der Waals surface area contributed by atoms with E-state index in [1.807, 2.05) is 0 Å². The Kier molecular flexibility index (Phi) is 7.57. The third kappa shape index (κ3) is 6.26. The van der Waals surface area contributed by atoms with E-state index in [9.17, 15) is 9.59 Å². The molecule has 6 heteroatoms. The van der Waals surface area contributed by atoms with Gasteiger partial charge in [-0.3, -0.25) is 0 Å². The minimum absolute atomic E-state index is 0. The van der Waals surface area contributed by atoms with Gasteiger partial charge >= 0.3 is 12.1 Å². The molecule has 0 saturated heterocycles. The number of rotatable bonds is 1. The number of hydrogen-bond donors (Lipinski definition) is 1. The summed E-state index contributed by atoms with van der Waals surface area (Å²) in [7, 11) is 0. The van der Waals surface area contributed by atoms with E-state index in [-0.39, 0.29) is 80.1 Å². The SMILES string of the molecule is CC(C)(C)OC(=O)OC(=O)c1ccccc1N.[Cs]. The predicted molar refractivity (Wildman–Crippen MR) is 68.3 cm³/mol. The number of hydrogen-bond acceptors (Lipinski definition) is 5. The molecule has 0 fully saturated rings. The molecule has 0 bridgehead atoms. The van der Waals surface area contributed by atoms with Crippen molar-refractivity contribution in [1.82, 2.24) is 0 Å². The predicted octanol–water partition coefficient (Wildman–Crippen LogP) is 1.98. The second kappa shape index (κ2) is 7.56. The number of ether oxygens (including phenoxy) is 2. The molecule has 0 heterocycles. The first kappa shape index (κ1) is 18.0. The quantitative estimate of drug-likeness (QED) is 0.465. The van der Waals surface area contributed by atoms with Gasteiger partial charge in [0.15, 0.2) is 0 Å². The van der Waals surface area contributed by atoms with Gasteiger partial charge in [-0.15, -0.1) is 0 Å². The van der Waals surface area contributed by atoms with Crippen LogP contribution >= 0.6 is 0 Å². The second-order valence-corrected chi connectivity index (χ2v) is 4.44. The summed E-state index contributed by atoms with van der Waals surface area (Å²) in [6.07, 6.45) is -1.04. The number of carbonyl (C=O) groups excluding carboxylic acids is 2. The van der Waals surface area contributed by atoms with Crippen LogP contribution in [0.2, 0.25) is 0 Å². The average molecular weight is 370 g/mol. The molecule has 1 rings (SSSR count). The topological polar surface area (TPSA) is 78.6 Å². The van der Waals surface area contributed by atoms with Crippen LogP contribution in [0.3, 0.4) is 0 Å². The molecule has 0 aliphatic rings. The summed E-state index contributed by atoms with van der Waals surface area (Å²) in [5.74, 6) is -0.822. The van der Waals surface area contributed by atoms with Crippen molar-refractivity contribution in [1.29, 1.82) is 0 Å². The van der Waals surface area contributed by atoms with Crippen molar-refractivity contribution in [3.8, 4) is 0 Å². The standard InChI is InChI=1S/C12H15NO4.Cs/c1-12(2,3)17-11(15)16-10(14)8-6-4-5-7-9(8)13;/h4-7H,13H2,1-3H3;. The number of esters is 1. The van der Waals surface area contributed by atoms with Crippen LogP contribution in [0, 0.1) is 0 Å². The van der Waals surface area contributed by atoms with Crippen molar-refractivity contribution in [3.63, 3.8) is 0 Å². The van der Waals surface area contributed by atoms with Gasteiger partial charge in [0.05, 0.1) is 5.56 Å². The van der Waals surface area contributed by atoms with Crippen LogP contribution in [-0.4, -0.2) is 86.6 Å². The molecule has 1 aromatic rings. The van der Waals surface area contributed by atoms with E-state index >= 15 is 0 Å². The Bertz CT molecular complexity index is 440. The molecule has 0 aliphatic carbocycles. The van der Waals surface area contributed by atoms with Crippen molar-refractivity contribution in [2.75, 3.05) is 5.73 Å². The van der Waals surface area contributed by atoms with E-state index in [0.29, 0.717) is 0 Å². The van der Waals surface area contributed by atoms with Crippen LogP contribution < -0.4 is 5.73 Å². The average Bonchev–Trinajstić information content (AvgIpc) is 2.14. The number of nitrogen functional groups attached to an aromatic ring is 1. The number of benzene rings is 1. The van der Waals surface area contributed by atoms with Crippen molar-refractivity contribution in [2.45, 2.75) is 26.4 Å². The Hall–Kier alpha value is 0.0119. The minimum Gasteiger partial charge on any atom is -0.428 e. The van der Waals surface area contributed by atoms with E-state index < -0.39 is 17.7 Å². The van der Waals surface area contributed by atoms with Crippen LogP contribution in [0.5, 0.6) is 0 Å². The fraction of sp³-hybridized carbons (Fsp3) is 0.333. The zero-order chi connectivity index (χ0) is 13.1. The third-order valence-electron chi connectivity index (χ3n) is 1.75. The summed E-state index contributed by atoms with van der Waals surface area (Å²) in [5.41, 5.74) is 5.25. The van der Waals surface area contributed by atoms with Gasteiger partial charge in [-0.2, -0.15) is 0 Å². The largest absolute Gasteiger partial charge is 0.516 e. The molecular weight excluding hydrogens is 355 g/mol. The van der Waals surface area contributed by atoms with Gasteiger partial charge in [-0.25, -0.2) is 9.59 Å². The maximum absolute atomic E-state index is 11.6. The molecular formula is C12H15CsNO4. The van der Waals surface area contributed by atoms with Crippen molar-refractivity contribution in [2.24, 2.45) is 0 Å². The van der Waals surface area contributed by atoms with Gasteiger partial charge in [0.2, 0.25) is 0 Å². The zero-order valence-electron chi connectivity index (χ0n) is 11.0. The van der Waals surface area contributed by atoms with E-state index in [0.717, 1.165) is 0 Å². The molecule has 0 aromatic heterocycles. The van der Waals surface area contributed by atoms with E-state index in [2.05, 4.69) is 4.74 Å². The Labute approximate surface area is 165 Å². The molecule has 0 unspecified atom stereocenters. The van der Waals surface area contributed by atoms with Crippen molar-refractivity contribution >= 4 is 86.7 Å². The van der Waals surface area contributed by atoms with Gasteiger partial charge in [0.1, 0.15) is 5.60 Å². The summed E-state index contributed by atoms with van der Waals surface area (Å²) in [6.45, 7) is 5.03. The van der Waals surface area contributed by atoms with Crippen molar-refractivity contribution in [3.05, 3.63) is 29.8 Å². The molecule has 2 N–H and O–H groups in total. The van der Waals surface area contributed by atoms with Crippen LogP contribution in [-0.2, 0) is 9.47 Å². The fourth-order valence-corrected chi connectivity index (χ4v) is 1.08. The zero-order valence-corrected chi connectivity index (χ0v) is 17.3. The Morgan fingerprint density at radius 3 is 2.22 bits per heavy atom. The van der Waals surface area contributed by atoms with Crippen molar-refractivity contribution < 1.29 is 19.1 Å². The Balaban J connectivity index is 0.00000289. The first-order chi connectivity index (χ1) is 7.79. The molecule has 0 atom stereocenters. The smallest absolute Gasteiger partial charge is 0.428 e. The van der Waals surface area contributed by atoms with Crippen LogP contribution in [0.25, 0.3) is 0 Å². The fourth-order valence-electron chi connectivity index (χ4n) is 1.08. The maximum Gasteiger partial charge on any atom is 0.516 e. The Morgan fingerprint density at radius 2 is 1.72 bits per heavy atom. The van der Waals surface area contributed by atoms with Gasteiger partial charge in [0.25, 0.3) is 0 Å². The summed E-state index contributed by atoms with van der Waals surface area (Å²) < 4.78 is 9.36. The monoisotopic (exact) mass is 370 g/mol. The molecule has 1 radical (unpaired) electrons. The minimum atomic E-state index is -1.04. The molecule has 93 valence electrons. The first-order valence-corrected chi connectivity index (χ1v) is 5.09. The van der Waals surface area contributed by atoms with Crippen LogP contribution in [0.15, 0.2) is 24.3 Å². The number of carbonyl (C=O) groups is 2. The summed E-state index contributed by atoms with van der Waals surface area (Å²) in [5, 5.41) is 0. The number of anilines is 1. The van der Waals surface area contributed by atoms with Gasteiger partial charge in [0, 0.05) is 74.6 Å². The maximum atomic E-state index is 11.6. The number of para-hydroxylation sites is 1. The van der Waals surface area contributed by atoms with Gasteiger partial charge in [-0.05, 0) is 32.9 Å². The first-order valence-electron chi connectivity index (χ1n) is 5.09. The van der Waals surface area contributed by atoms with E-state index in [1.54, 1.807) is 39.0 Å². The number of nitrogens with two attached hydrogens (primary N) is 1. The summed E-state index contributed by atoms with van der Waals surface area (Å²) >= 11 is 0.